The van der Waals surface area contributed by atoms with E-state index in [0.29, 0.717) is 0 Å². The van der Waals surface area contributed by atoms with Gasteiger partial charge in [-0.05, 0) is 30.0 Å². The average Bonchev–Trinajstić information content (AvgIpc) is 2.46. The van der Waals surface area contributed by atoms with Gasteiger partial charge in [-0.15, -0.1) is 11.3 Å². The zero-order valence-corrected chi connectivity index (χ0v) is 8.98. The van der Waals surface area contributed by atoms with E-state index in [1.54, 1.807) is 0 Å². The Hall–Kier alpha value is -1.02. The van der Waals surface area contributed by atoms with Crippen LogP contribution in [-0.2, 0) is 0 Å². The van der Waals surface area contributed by atoms with Crippen molar-refractivity contribution in [3.05, 3.63) is 29.8 Å². The van der Waals surface area contributed by atoms with Gasteiger partial charge in [0.25, 0.3) is 0 Å². The summed E-state index contributed by atoms with van der Waals surface area (Å²) in [6.45, 7) is 2.13. The highest BCUT2D eigenvalue weighted by Crippen LogP contribution is 2.31. The molecule has 0 amide bonds. The number of aryl methyl sites for hydroxylation is 1. The van der Waals surface area contributed by atoms with E-state index in [-0.39, 0.29) is 0 Å². The number of nitrogens with zero attached hydrogens (tertiary/aromatic N) is 1. The van der Waals surface area contributed by atoms with Gasteiger partial charge in [-0.3, -0.25) is 0 Å². The van der Waals surface area contributed by atoms with Crippen molar-refractivity contribution in [3.8, 4) is 0 Å². The van der Waals surface area contributed by atoms with Gasteiger partial charge in [-0.2, -0.15) is 0 Å². The van der Waals surface area contributed by atoms with Gasteiger partial charge in [0, 0.05) is 18.8 Å². The van der Waals surface area contributed by atoms with Gasteiger partial charge in [-0.25, -0.2) is 0 Å². The summed E-state index contributed by atoms with van der Waals surface area (Å²) in [4.78, 5) is 2.15. The lowest BCUT2D eigenvalue weighted by atomic mass is 10.2. The Balaban J connectivity index is 2.62. The van der Waals surface area contributed by atoms with E-state index in [1.807, 2.05) is 11.3 Å². The summed E-state index contributed by atoms with van der Waals surface area (Å²) in [7, 11) is 4.16. The SMILES string of the molecule is Cc1ccc2cc(N(C)C)sc2c1. The van der Waals surface area contributed by atoms with Crippen LogP contribution < -0.4 is 4.90 Å². The van der Waals surface area contributed by atoms with Crippen molar-refractivity contribution in [1.82, 2.24) is 0 Å². The quantitative estimate of drug-likeness (QED) is 0.668. The van der Waals surface area contributed by atoms with Crippen LogP contribution in [0, 0.1) is 6.92 Å². The third-order valence-electron chi connectivity index (χ3n) is 2.10. The first kappa shape index (κ1) is 8.57. The van der Waals surface area contributed by atoms with Crippen molar-refractivity contribution >= 4 is 26.4 Å². The number of anilines is 1. The molecule has 0 aliphatic heterocycles. The summed E-state index contributed by atoms with van der Waals surface area (Å²) in [5.74, 6) is 0. The molecule has 1 aromatic carbocycles. The fourth-order valence-corrected chi connectivity index (χ4v) is 2.43. The maximum absolute atomic E-state index is 2.24. The molecule has 1 heterocycles. The van der Waals surface area contributed by atoms with Crippen molar-refractivity contribution in [3.63, 3.8) is 0 Å². The minimum atomic E-state index is 1.32. The number of hydrogen-bond acceptors (Lipinski definition) is 2. The van der Waals surface area contributed by atoms with Crippen LogP contribution in [0.2, 0.25) is 0 Å². The summed E-state index contributed by atoms with van der Waals surface area (Å²) in [5, 5.41) is 2.67. The molecule has 0 spiro atoms. The topological polar surface area (TPSA) is 3.24 Å². The summed E-state index contributed by atoms with van der Waals surface area (Å²) in [5.41, 5.74) is 1.33. The highest BCUT2D eigenvalue weighted by molar-refractivity contribution is 7.22. The molecule has 0 fully saturated rings. The molecule has 0 unspecified atom stereocenters. The highest BCUT2D eigenvalue weighted by atomic mass is 32.1. The molecule has 0 saturated heterocycles. The van der Waals surface area contributed by atoms with Crippen molar-refractivity contribution in [2.75, 3.05) is 19.0 Å². The summed E-state index contributed by atoms with van der Waals surface area (Å²) >= 11 is 1.85. The summed E-state index contributed by atoms with van der Waals surface area (Å²) < 4.78 is 1.38. The molecule has 0 aliphatic rings. The molecular formula is C11H13NS. The Morgan fingerprint density at radius 3 is 2.62 bits per heavy atom. The largest absolute Gasteiger partial charge is 0.370 e. The van der Waals surface area contributed by atoms with Gasteiger partial charge >= 0.3 is 0 Å². The zero-order chi connectivity index (χ0) is 9.42. The van der Waals surface area contributed by atoms with Gasteiger partial charge in [-0.1, -0.05) is 12.1 Å². The van der Waals surface area contributed by atoms with Crippen LogP contribution in [-0.4, -0.2) is 14.1 Å². The van der Waals surface area contributed by atoms with Crippen LogP contribution in [0.5, 0.6) is 0 Å². The van der Waals surface area contributed by atoms with Crippen LogP contribution in [0.15, 0.2) is 24.3 Å². The van der Waals surface area contributed by atoms with Gasteiger partial charge in [0.1, 0.15) is 0 Å². The van der Waals surface area contributed by atoms with E-state index in [9.17, 15) is 0 Å². The van der Waals surface area contributed by atoms with E-state index < -0.39 is 0 Å². The van der Waals surface area contributed by atoms with E-state index in [2.05, 4.69) is 50.2 Å². The molecule has 1 nitrogen and oxygen atoms in total. The second-order valence-electron chi connectivity index (χ2n) is 3.52. The monoisotopic (exact) mass is 191 g/mol. The predicted octanol–water partition coefficient (Wildman–Crippen LogP) is 3.28. The second-order valence-corrected chi connectivity index (χ2v) is 4.58. The normalized spacial score (nSPS) is 10.7. The van der Waals surface area contributed by atoms with Gasteiger partial charge in [0.2, 0.25) is 0 Å². The third-order valence-corrected chi connectivity index (χ3v) is 3.37. The Kier molecular flexibility index (Phi) is 2.00. The molecule has 2 rings (SSSR count). The molecule has 0 radical (unpaired) electrons. The Morgan fingerprint density at radius 2 is 1.92 bits per heavy atom. The minimum Gasteiger partial charge on any atom is -0.370 e. The fourth-order valence-electron chi connectivity index (χ4n) is 1.34. The zero-order valence-electron chi connectivity index (χ0n) is 8.16. The molecule has 13 heavy (non-hydrogen) atoms. The average molecular weight is 191 g/mol. The van der Waals surface area contributed by atoms with Crippen molar-refractivity contribution in [1.29, 1.82) is 0 Å². The highest BCUT2D eigenvalue weighted by Gasteiger charge is 2.02. The lowest BCUT2D eigenvalue weighted by Crippen LogP contribution is -2.05. The smallest absolute Gasteiger partial charge is 0.0915 e. The molecular weight excluding hydrogens is 178 g/mol. The maximum atomic E-state index is 2.24. The second kappa shape index (κ2) is 3.04. The van der Waals surface area contributed by atoms with Crippen molar-refractivity contribution in [2.45, 2.75) is 6.92 Å². The fraction of sp³-hybridized carbons (Fsp3) is 0.273. The number of hydrogen-bond donors (Lipinski definition) is 0. The minimum absolute atomic E-state index is 1.32. The van der Waals surface area contributed by atoms with Crippen LogP contribution in [0.25, 0.3) is 10.1 Å². The van der Waals surface area contributed by atoms with E-state index in [4.69, 9.17) is 0 Å². The van der Waals surface area contributed by atoms with Crippen LogP contribution in [0.1, 0.15) is 5.56 Å². The van der Waals surface area contributed by atoms with E-state index in [0.717, 1.165) is 0 Å². The molecule has 2 heteroatoms. The number of fused-ring (bicyclic) bond motifs is 1. The summed E-state index contributed by atoms with van der Waals surface area (Å²) in [6.07, 6.45) is 0. The maximum Gasteiger partial charge on any atom is 0.0915 e. The Morgan fingerprint density at radius 1 is 1.15 bits per heavy atom. The van der Waals surface area contributed by atoms with E-state index in [1.165, 1.54) is 20.7 Å². The molecule has 1 aromatic heterocycles. The lowest BCUT2D eigenvalue weighted by Gasteiger charge is -2.06. The number of rotatable bonds is 1. The van der Waals surface area contributed by atoms with Gasteiger partial charge < -0.3 is 4.90 Å². The van der Waals surface area contributed by atoms with Crippen LogP contribution in [0.3, 0.4) is 0 Å². The molecule has 68 valence electrons. The van der Waals surface area contributed by atoms with Crippen molar-refractivity contribution in [2.24, 2.45) is 0 Å². The first-order valence-corrected chi connectivity index (χ1v) is 5.16. The first-order valence-electron chi connectivity index (χ1n) is 4.34. The molecule has 2 aromatic rings. The number of thiophene rings is 1. The van der Waals surface area contributed by atoms with Crippen LogP contribution >= 0.6 is 11.3 Å². The van der Waals surface area contributed by atoms with Gasteiger partial charge in [0.05, 0.1) is 5.00 Å². The molecule has 0 saturated carbocycles. The van der Waals surface area contributed by atoms with Crippen LogP contribution in [0.4, 0.5) is 5.00 Å². The number of benzene rings is 1. The first-order chi connectivity index (χ1) is 6.16. The molecule has 0 N–H and O–H groups in total. The Labute approximate surface area is 82.6 Å². The van der Waals surface area contributed by atoms with Gasteiger partial charge in [0.15, 0.2) is 0 Å². The standard InChI is InChI=1S/C11H13NS/c1-8-4-5-9-7-11(12(2)3)13-10(9)6-8/h4-7H,1-3H3. The molecule has 0 bridgehead atoms. The lowest BCUT2D eigenvalue weighted by molar-refractivity contribution is 1.16. The van der Waals surface area contributed by atoms with E-state index >= 15 is 0 Å². The molecule has 0 atom stereocenters. The Bertz CT molecular complexity index is 429. The predicted molar refractivity (Wildman–Crippen MR) is 60.9 cm³/mol. The molecule has 0 aliphatic carbocycles. The summed E-state index contributed by atoms with van der Waals surface area (Å²) in [6, 6.07) is 8.83. The van der Waals surface area contributed by atoms with Crippen molar-refractivity contribution < 1.29 is 0 Å². The third kappa shape index (κ3) is 1.54.